The molecule has 4 rings (SSSR count). The smallest absolute Gasteiger partial charge is 0.342 e. The highest BCUT2D eigenvalue weighted by Gasteiger charge is 2.33. The standard InChI is InChI=1S/C25H28N4O5S/c1-18-23(19(2)29(26-18)21-10-6-4-7-11-21)25(31)34-20(3)24(30)27-14-16-28(17-15-27)35(32,33)22-12-8-5-9-13-22/h4-13,20H,14-17H2,1-3H3. The molecule has 1 saturated heterocycles. The predicted octanol–water partition coefficient (Wildman–Crippen LogP) is 2.57. The van der Waals surface area contributed by atoms with Crippen LogP contribution in [0.1, 0.15) is 28.7 Å². The van der Waals surface area contributed by atoms with Crippen LogP contribution < -0.4 is 0 Å². The lowest BCUT2D eigenvalue weighted by Gasteiger charge is -2.35. The summed E-state index contributed by atoms with van der Waals surface area (Å²) in [6.45, 7) is 5.81. The molecule has 3 aromatic rings. The highest BCUT2D eigenvalue weighted by Crippen LogP contribution is 2.21. The van der Waals surface area contributed by atoms with E-state index in [1.807, 2.05) is 30.3 Å². The van der Waals surface area contributed by atoms with Crippen LogP contribution in [0, 0.1) is 13.8 Å². The molecule has 10 heteroatoms. The van der Waals surface area contributed by atoms with E-state index in [0.717, 1.165) is 5.69 Å². The Hall–Kier alpha value is -3.50. The number of hydrogen-bond acceptors (Lipinski definition) is 6. The van der Waals surface area contributed by atoms with Gasteiger partial charge in [-0.2, -0.15) is 9.40 Å². The predicted molar refractivity (Wildman–Crippen MR) is 130 cm³/mol. The topological polar surface area (TPSA) is 102 Å². The molecule has 2 aromatic carbocycles. The highest BCUT2D eigenvalue weighted by atomic mass is 32.2. The van der Waals surface area contributed by atoms with Gasteiger partial charge in [-0.3, -0.25) is 4.79 Å². The van der Waals surface area contributed by atoms with Gasteiger partial charge in [-0.1, -0.05) is 36.4 Å². The van der Waals surface area contributed by atoms with E-state index in [1.165, 1.54) is 16.1 Å². The van der Waals surface area contributed by atoms with Crippen LogP contribution in [-0.2, 0) is 19.6 Å². The highest BCUT2D eigenvalue weighted by molar-refractivity contribution is 7.89. The van der Waals surface area contributed by atoms with E-state index >= 15 is 0 Å². The molecule has 0 bridgehead atoms. The lowest BCUT2D eigenvalue weighted by molar-refractivity contribution is -0.141. The zero-order valence-electron chi connectivity index (χ0n) is 19.9. The number of para-hydroxylation sites is 1. The molecule has 184 valence electrons. The number of piperazine rings is 1. The fraction of sp³-hybridized carbons (Fsp3) is 0.320. The van der Waals surface area contributed by atoms with Gasteiger partial charge in [0.15, 0.2) is 6.10 Å². The van der Waals surface area contributed by atoms with Crippen LogP contribution in [0.5, 0.6) is 0 Å². The lowest BCUT2D eigenvalue weighted by Crippen LogP contribution is -2.52. The fourth-order valence-corrected chi connectivity index (χ4v) is 5.62. The number of benzene rings is 2. The molecule has 2 heterocycles. The average Bonchev–Trinajstić information content (AvgIpc) is 3.18. The Morgan fingerprint density at radius 2 is 1.49 bits per heavy atom. The van der Waals surface area contributed by atoms with E-state index in [9.17, 15) is 18.0 Å². The number of nitrogens with zero attached hydrogens (tertiary/aromatic N) is 4. The molecule has 0 saturated carbocycles. The maximum absolute atomic E-state index is 12.9. The van der Waals surface area contributed by atoms with E-state index in [4.69, 9.17) is 4.74 Å². The van der Waals surface area contributed by atoms with Gasteiger partial charge in [0, 0.05) is 26.2 Å². The fourth-order valence-electron chi connectivity index (χ4n) is 4.18. The minimum Gasteiger partial charge on any atom is -0.449 e. The molecular weight excluding hydrogens is 468 g/mol. The molecule has 9 nitrogen and oxygen atoms in total. The third kappa shape index (κ3) is 4.98. The molecule has 1 aliphatic heterocycles. The summed E-state index contributed by atoms with van der Waals surface area (Å²) in [5.41, 5.74) is 2.28. The number of amides is 1. The van der Waals surface area contributed by atoms with Crippen molar-refractivity contribution in [2.75, 3.05) is 26.2 Å². The number of hydrogen-bond donors (Lipinski definition) is 0. The zero-order valence-corrected chi connectivity index (χ0v) is 20.7. The SMILES string of the molecule is Cc1nn(-c2ccccc2)c(C)c1C(=O)OC(C)C(=O)N1CCN(S(=O)(=O)c2ccccc2)CC1. The molecule has 1 aromatic heterocycles. The van der Waals surface area contributed by atoms with Crippen LogP contribution in [0.15, 0.2) is 65.6 Å². The number of esters is 1. The van der Waals surface area contributed by atoms with E-state index in [0.29, 0.717) is 17.0 Å². The van der Waals surface area contributed by atoms with Gasteiger partial charge >= 0.3 is 5.97 Å². The molecule has 0 N–H and O–H groups in total. The molecule has 0 radical (unpaired) electrons. The van der Waals surface area contributed by atoms with Crippen molar-refractivity contribution >= 4 is 21.9 Å². The van der Waals surface area contributed by atoms with Crippen LogP contribution in [0.3, 0.4) is 0 Å². The Morgan fingerprint density at radius 3 is 2.09 bits per heavy atom. The minimum absolute atomic E-state index is 0.172. The maximum atomic E-state index is 12.9. The molecule has 1 amide bonds. The van der Waals surface area contributed by atoms with Crippen LogP contribution in [0.4, 0.5) is 0 Å². The summed E-state index contributed by atoms with van der Waals surface area (Å²) in [6.07, 6.45) is -1.02. The van der Waals surface area contributed by atoms with Crippen LogP contribution in [0.25, 0.3) is 5.69 Å². The number of rotatable bonds is 6. The van der Waals surface area contributed by atoms with Crippen molar-refractivity contribution in [1.29, 1.82) is 0 Å². The molecule has 1 aliphatic rings. The van der Waals surface area contributed by atoms with E-state index in [1.54, 1.807) is 48.9 Å². The summed E-state index contributed by atoms with van der Waals surface area (Å²) in [7, 11) is -3.62. The largest absolute Gasteiger partial charge is 0.449 e. The van der Waals surface area contributed by atoms with Gasteiger partial charge in [0.25, 0.3) is 5.91 Å². The molecular formula is C25H28N4O5S. The first-order chi connectivity index (χ1) is 16.7. The second-order valence-electron chi connectivity index (χ2n) is 8.38. The summed E-state index contributed by atoms with van der Waals surface area (Å²) >= 11 is 0. The van der Waals surface area contributed by atoms with Crippen LogP contribution in [0.2, 0.25) is 0 Å². The van der Waals surface area contributed by atoms with Crippen molar-refractivity contribution in [1.82, 2.24) is 19.0 Å². The summed E-state index contributed by atoms with van der Waals surface area (Å²) in [5, 5.41) is 4.46. The number of carbonyl (C=O) groups excluding carboxylic acids is 2. The van der Waals surface area contributed by atoms with Crippen molar-refractivity contribution in [2.24, 2.45) is 0 Å². The van der Waals surface area contributed by atoms with Gasteiger partial charge in [0.05, 0.1) is 22.0 Å². The molecule has 0 spiro atoms. The van der Waals surface area contributed by atoms with Crippen LogP contribution >= 0.6 is 0 Å². The summed E-state index contributed by atoms with van der Waals surface area (Å²) in [5.74, 6) is -0.978. The quantitative estimate of drug-likeness (QED) is 0.486. The Kier molecular flexibility index (Phi) is 7.04. The maximum Gasteiger partial charge on any atom is 0.342 e. The van der Waals surface area contributed by atoms with E-state index < -0.39 is 22.1 Å². The van der Waals surface area contributed by atoms with Gasteiger partial charge in [-0.05, 0) is 45.0 Å². The number of ether oxygens (including phenoxy) is 1. The normalized spacial score (nSPS) is 15.6. The molecule has 1 fully saturated rings. The Morgan fingerprint density at radius 1 is 0.914 bits per heavy atom. The molecule has 1 unspecified atom stereocenters. The number of carbonyl (C=O) groups is 2. The Balaban J connectivity index is 1.39. The van der Waals surface area contributed by atoms with Gasteiger partial charge < -0.3 is 9.64 Å². The van der Waals surface area contributed by atoms with Gasteiger partial charge in [-0.15, -0.1) is 0 Å². The van der Waals surface area contributed by atoms with Gasteiger partial charge in [0.1, 0.15) is 5.56 Å². The number of aryl methyl sites for hydroxylation is 1. The first kappa shape index (κ1) is 24.6. The molecule has 0 aliphatic carbocycles. The first-order valence-electron chi connectivity index (χ1n) is 11.4. The second-order valence-corrected chi connectivity index (χ2v) is 10.3. The molecule has 1 atom stereocenters. The Bertz CT molecular complexity index is 1310. The summed E-state index contributed by atoms with van der Waals surface area (Å²) in [6, 6.07) is 17.7. The van der Waals surface area contributed by atoms with Gasteiger partial charge in [0.2, 0.25) is 10.0 Å². The number of sulfonamides is 1. The van der Waals surface area contributed by atoms with Crippen molar-refractivity contribution in [2.45, 2.75) is 31.8 Å². The average molecular weight is 497 g/mol. The van der Waals surface area contributed by atoms with E-state index in [-0.39, 0.29) is 37.0 Å². The van der Waals surface area contributed by atoms with Crippen molar-refractivity contribution in [3.05, 3.63) is 77.6 Å². The third-order valence-corrected chi connectivity index (χ3v) is 7.97. The molecule has 35 heavy (non-hydrogen) atoms. The zero-order chi connectivity index (χ0) is 25.2. The second kappa shape index (κ2) is 10.0. The van der Waals surface area contributed by atoms with Crippen molar-refractivity contribution in [3.8, 4) is 5.69 Å². The third-order valence-electron chi connectivity index (χ3n) is 6.06. The van der Waals surface area contributed by atoms with Crippen molar-refractivity contribution < 1.29 is 22.7 Å². The monoisotopic (exact) mass is 496 g/mol. The first-order valence-corrected chi connectivity index (χ1v) is 12.8. The van der Waals surface area contributed by atoms with Crippen molar-refractivity contribution in [3.63, 3.8) is 0 Å². The number of aromatic nitrogens is 2. The van der Waals surface area contributed by atoms with E-state index in [2.05, 4.69) is 5.10 Å². The Labute approximate surface area is 205 Å². The van der Waals surface area contributed by atoms with Crippen LogP contribution in [-0.4, -0.2) is 71.6 Å². The van der Waals surface area contributed by atoms with Gasteiger partial charge in [-0.25, -0.2) is 17.9 Å². The summed E-state index contributed by atoms with van der Waals surface area (Å²) < 4.78 is 34.2. The summed E-state index contributed by atoms with van der Waals surface area (Å²) in [4.78, 5) is 27.6. The minimum atomic E-state index is -3.62. The lowest BCUT2D eigenvalue weighted by atomic mass is 10.2.